The summed E-state index contributed by atoms with van der Waals surface area (Å²) in [4.78, 5) is 0. The molecule has 0 spiro atoms. The van der Waals surface area contributed by atoms with Crippen LogP contribution in [0.25, 0.3) is 0 Å². The minimum atomic E-state index is -0.190. The third kappa shape index (κ3) is 2.55. The molecule has 0 aliphatic heterocycles. The molecule has 1 unspecified atom stereocenters. The summed E-state index contributed by atoms with van der Waals surface area (Å²) in [7, 11) is 0. The Bertz CT molecular complexity index is 301. The maximum absolute atomic E-state index is 13.0. The molecule has 0 saturated heterocycles. The lowest BCUT2D eigenvalue weighted by Crippen LogP contribution is -2.26. The second kappa shape index (κ2) is 4.09. The van der Waals surface area contributed by atoms with Gasteiger partial charge in [0.1, 0.15) is 5.82 Å². The SMILES string of the molecule is CC(C)(C)C(CN)c1cccc(F)c1. The van der Waals surface area contributed by atoms with Crippen molar-refractivity contribution < 1.29 is 4.39 Å². The van der Waals surface area contributed by atoms with E-state index >= 15 is 0 Å². The molecule has 0 fully saturated rings. The summed E-state index contributed by atoms with van der Waals surface area (Å²) >= 11 is 0. The predicted molar refractivity (Wildman–Crippen MR) is 57.7 cm³/mol. The van der Waals surface area contributed by atoms with Gasteiger partial charge in [0.2, 0.25) is 0 Å². The Morgan fingerprint density at radius 1 is 1.36 bits per heavy atom. The highest BCUT2D eigenvalue weighted by Gasteiger charge is 2.24. The van der Waals surface area contributed by atoms with Gasteiger partial charge in [0.25, 0.3) is 0 Å². The summed E-state index contributed by atoms with van der Waals surface area (Å²) in [5.74, 6) is 0.0170. The quantitative estimate of drug-likeness (QED) is 0.771. The lowest BCUT2D eigenvalue weighted by atomic mass is 9.76. The molecule has 0 aromatic heterocycles. The second-order valence-corrected chi connectivity index (χ2v) is 4.71. The molecule has 1 aromatic rings. The molecule has 14 heavy (non-hydrogen) atoms. The molecule has 0 bridgehead atoms. The molecule has 1 rings (SSSR count). The van der Waals surface area contributed by atoms with Gasteiger partial charge in [-0.2, -0.15) is 0 Å². The van der Waals surface area contributed by atoms with Gasteiger partial charge in [-0.3, -0.25) is 0 Å². The Morgan fingerprint density at radius 3 is 2.43 bits per heavy atom. The van der Waals surface area contributed by atoms with Gasteiger partial charge in [-0.1, -0.05) is 32.9 Å². The van der Waals surface area contributed by atoms with E-state index in [0.29, 0.717) is 6.54 Å². The lowest BCUT2D eigenvalue weighted by Gasteiger charge is -2.30. The van der Waals surface area contributed by atoms with Crippen LogP contribution in [0.15, 0.2) is 24.3 Å². The molecular weight excluding hydrogens is 177 g/mol. The van der Waals surface area contributed by atoms with Crippen LogP contribution in [0.5, 0.6) is 0 Å². The maximum Gasteiger partial charge on any atom is 0.123 e. The van der Waals surface area contributed by atoms with Gasteiger partial charge < -0.3 is 5.73 Å². The van der Waals surface area contributed by atoms with E-state index in [1.165, 1.54) is 6.07 Å². The van der Waals surface area contributed by atoms with Crippen LogP contribution in [0.4, 0.5) is 4.39 Å². The van der Waals surface area contributed by atoms with Crippen molar-refractivity contribution in [3.8, 4) is 0 Å². The number of rotatable bonds is 2. The van der Waals surface area contributed by atoms with E-state index in [9.17, 15) is 4.39 Å². The average molecular weight is 195 g/mol. The van der Waals surface area contributed by atoms with E-state index in [0.717, 1.165) is 5.56 Å². The third-order valence-corrected chi connectivity index (χ3v) is 2.53. The van der Waals surface area contributed by atoms with Crippen LogP contribution in [0.2, 0.25) is 0 Å². The number of hydrogen-bond acceptors (Lipinski definition) is 1. The largest absolute Gasteiger partial charge is 0.330 e. The molecule has 78 valence electrons. The first-order valence-electron chi connectivity index (χ1n) is 4.90. The lowest BCUT2D eigenvalue weighted by molar-refractivity contribution is 0.325. The molecule has 0 amide bonds. The normalized spacial score (nSPS) is 14.1. The highest BCUT2D eigenvalue weighted by Crippen LogP contribution is 2.34. The molecular formula is C12H18FN. The Balaban J connectivity index is 3.01. The van der Waals surface area contributed by atoms with E-state index in [1.807, 2.05) is 6.07 Å². The van der Waals surface area contributed by atoms with Crippen LogP contribution in [0, 0.1) is 11.2 Å². The fourth-order valence-electron chi connectivity index (χ4n) is 1.71. The van der Waals surface area contributed by atoms with E-state index in [1.54, 1.807) is 12.1 Å². The Morgan fingerprint density at radius 2 is 2.00 bits per heavy atom. The molecule has 0 radical (unpaired) electrons. The molecule has 0 heterocycles. The van der Waals surface area contributed by atoms with Crippen molar-refractivity contribution in [2.45, 2.75) is 26.7 Å². The fraction of sp³-hybridized carbons (Fsp3) is 0.500. The summed E-state index contributed by atoms with van der Waals surface area (Å²) in [6, 6.07) is 6.70. The van der Waals surface area contributed by atoms with Crippen molar-refractivity contribution in [2.75, 3.05) is 6.54 Å². The van der Waals surface area contributed by atoms with E-state index in [2.05, 4.69) is 20.8 Å². The van der Waals surface area contributed by atoms with Crippen molar-refractivity contribution >= 4 is 0 Å². The van der Waals surface area contributed by atoms with Gasteiger partial charge in [-0.25, -0.2) is 4.39 Å². The van der Waals surface area contributed by atoms with Gasteiger partial charge in [0.05, 0.1) is 0 Å². The van der Waals surface area contributed by atoms with Crippen molar-refractivity contribution in [2.24, 2.45) is 11.1 Å². The van der Waals surface area contributed by atoms with Gasteiger partial charge >= 0.3 is 0 Å². The average Bonchev–Trinajstić information content (AvgIpc) is 2.02. The topological polar surface area (TPSA) is 26.0 Å². The van der Waals surface area contributed by atoms with E-state index in [-0.39, 0.29) is 17.2 Å². The summed E-state index contributed by atoms with van der Waals surface area (Å²) in [5.41, 5.74) is 6.78. The first-order chi connectivity index (χ1) is 6.45. The number of nitrogens with two attached hydrogens (primary N) is 1. The molecule has 1 atom stereocenters. The maximum atomic E-state index is 13.0. The predicted octanol–water partition coefficient (Wildman–Crippen LogP) is 2.91. The smallest absolute Gasteiger partial charge is 0.123 e. The minimum absolute atomic E-state index is 0.0720. The van der Waals surface area contributed by atoms with Gasteiger partial charge in [0.15, 0.2) is 0 Å². The number of benzene rings is 1. The van der Waals surface area contributed by atoms with E-state index < -0.39 is 0 Å². The standard InChI is InChI=1S/C12H18FN/c1-12(2,3)11(8-14)9-5-4-6-10(13)7-9/h4-7,11H,8,14H2,1-3H3. The van der Waals surface area contributed by atoms with Crippen LogP contribution in [0.1, 0.15) is 32.3 Å². The first-order valence-corrected chi connectivity index (χ1v) is 4.90. The number of hydrogen-bond donors (Lipinski definition) is 1. The van der Waals surface area contributed by atoms with Crippen molar-refractivity contribution in [3.63, 3.8) is 0 Å². The third-order valence-electron chi connectivity index (χ3n) is 2.53. The van der Waals surface area contributed by atoms with Crippen LogP contribution in [-0.4, -0.2) is 6.54 Å². The van der Waals surface area contributed by atoms with Gasteiger partial charge in [-0.05, 0) is 29.7 Å². The van der Waals surface area contributed by atoms with E-state index in [4.69, 9.17) is 5.73 Å². The molecule has 2 heteroatoms. The molecule has 0 aliphatic carbocycles. The molecule has 0 saturated carbocycles. The fourth-order valence-corrected chi connectivity index (χ4v) is 1.71. The zero-order chi connectivity index (χ0) is 10.8. The van der Waals surface area contributed by atoms with Crippen LogP contribution >= 0.6 is 0 Å². The monoisotopic (exact) mass is 195 g/mol. The van der Waals surface area contributed by atoms with Crippen molar-refractivity contribution in [3.05, 3.63) is 35.6 Å². The first kappa shape index (κ1) is 11.2. The summed E-state index contributed by atoms with van der Waals surface area (Å²) in [6.07, 6.45) is 0. The highest BCUT2D eigenvalue weighted by molar-refractivity contribution is 5.22. The molecule has 1 aromatic carbocycles. The Kier molecular flexibility index (Phi) is 3.27. The van der Waals surface area contributed by atoms with Crippen molar-refractivity contribution in [1.29, 1.82) is 0 Å². The van der Waals surface area contributed by atoms with Gasteiger partial charge in [-0.15, -0.1) is 0 Å². The highest BCUT2D eigenvalue weighted by atomic mass is 19.1. The Hall–Kier alpha value is -0.890. The number of halogens is 1. The minimum Gasteiger partial charge on any atom is -0.330 e. The molecule has 1 nitrogen and oxygen atoms in total. The van der Waals surface area contributed by atoms with Crippen LogP contribution in [0.3, 0.4) is 0 Å². The summed E-state index contributed by atoms with van der Waals surface area (Å²) < 4.78 is 13.0. The van der Waals surface area contributed by atoms with Crippen molar-refractivity contribution in [1.82, 2.24) is 0 Å². The van der Waals surface area contributed by atoms with Gasteiger partial charge in [0, 0.05) is 5.92 Å². The second-order valence-electron chi connectivity index (χ2n) is 4.71. The molecule has 0 aliphatic rings. The van der Waals surface area contributed by atoms with Crippen LogP contribution < -0.4 is 5.73 Å². The zero-order valence-electron chi connectivity index (χ0n) is 9.05. The summed E-state index contributed by atoms with van der Waals surface area (Å²) in [6.45, 7) is 6.91. The van der Waals surface area contributed by atoms with Crippen LogP contribution in [-0.2, 0) is 0 Å². The molecule has 2 N–H and O–H groups in total. The summed E-state index contributed by atoms with van der Waals surface area (Å²) in [5, 5.41) is 0. The zero-order valence-corrected chi connectivity index (χ0v) is 9.05. The Labute approximate surface area is 85.1 Å².